The summed E-state index contributed by atoms with van der Waals surface area (Å²) in [4.78, 5) is 15.5. The molecule has 0 aliphatic heterocycles. The molecule has 218 valence electrons. The zero-order chi connectivity index (χ0) is 30.1. The van der Waals surface area contributed by atoms with Crippen LogP contribution in [0, 0.1) is 19.3 Å². The van der Waals surface area contributed by atoms with Crippen molar-refractivity contribution in [3.63, 3.8) is 0 Å². The summed E-state index contributed by atoms with van der Waals surface area (Å²) in [5.41, 5.74) is 5.35. The minimum atomic E-state index is -0.340. The SMILES string of the molecule is C#C[C@@H](C(=C)Cc1ccccc1)N(CCOC)C[C@H](C)NC(=O)Nc1c(C)c(-c2cnn(C)c2)nn1-c1ccccc1. The van der Waals surface area contributed by atoms with Gasteiger partial charge in [0.15, 0.2) is 0 Å². The van der Waals surface area contributed by atoms with E-state index in [2.05, 4.69) is 45.3 Å². The summed E-state index contributed by atoms with van der Waals surface area (Å²) in [5, 5.41) is 15.2. The van der Waals surface area contributed by atoms with E-state index in [0.717, 1.165) is 33.6 Å². The predicted molar refractivity (Wildman–Crippen MR) is 167 cm³/mol. The van der Waals surface area contributed by atoms with Crippen LogP contribution in [0.4, 0.5) is 10.6 Å². The fraction of sp³-hybridized carbons (Fsp3) is 0.303. The lowest BCUT2D eigenvalue weighted by Crippen LogP contribution is -2.48. The summed E-state index contributed by atoms with van der Waals surface area (Å²) in [5.74, 6) is 3.49. The van der Waals surface area contributed by atoms with Gasteiger partial charge in [0.25, 0.3) is 0 Å². The molecule has 2 aromatic carbocycles. The third-order valence-electron chi connectivity index (χ3n) is 6.99. The molecule has 9 nitrogen and oxygen atoms in total. The first-order valence-electron chi connectivity index (χ1n) is 13.9. The number of aromatic nitrogens is 4. The smallest absolute Gasteiger partial charge is 0.320 e. The van der Waals surface area contributed by atoms with Crippen molar-refractivity contribution in [2.75, 3.05) is 32.1 Å². The fourth-order valence-corrected chi connectivity index (χ4v) is 4.95. The molecule has 9 heteroatoms. The van der Waals surface area contributed by atoms with Crippen molar-refractivity contribution in [3.05, 3.63) is 96.3 Å². The van der Waals surface area contributed by atoms with Crippen molar-refractivity contribution in [3.8, 4) is 29.3 Å². The number of terminal acetylenes is 1. The van der Waals surface area contributed by atoms with E-state index in [0.29, 0.717) is 31.9 Å². The highest BCUT2D eigenvalue weighted by Crippen LogP contribution is 2.30. The lowest BCUT2D eigenvalue weighted by atomic mass is 9.99. The number of carbonyl (C=O) groups is 1. The molecular weight excluding hydrogens is 526 g/mol. The number of hydrogen-bond donors (Lipinski definition) is 2. The van der Waals surface area contributed by atoms with Gasteiger partial charge in [0.05, 0.1) is 24.5 Å². The number of para-hydroxylation sites is 1. The van der Waals surface area contributed by atoms with E-state index < -0.39 is 0 Å². The van der Waals surface area contributed by atoms with Gasteiger partial charge in [-0.3, -0.25) is 14.9 Å². The van der Waals surface area contributed by atoms with E-state index in [1.54, 1.807) is 22.7 Å². The number of carbonyl (C=O) groups excluding carboxylic acids is 1. The maximum absolute atomic E-state index is 13.3. The van der Waals surface area contributed by atoms with Crippen LogP contribution in [0.2, 0.25) is 0 Å². The molecule has 2 aromatic heterocycles. The largest absolute Gasteiger partial charge is 0.383 e. The summed E-state index contributed by atoms with van der Waals surface area (Å²) in [6, 6.07) is 19.0. The van der Waals surface area contributed by atoms with Crippen LogP contribution in [-0.2, 0) is 18.2 Å². The van der Waals surface area contributed by atoms with E-state index in [9.17, 15) is 4.79 Å². The Bertz CT molecular complexity index is 1520. The number of nitrogens with zero attached hydrogens (tertiary/aromatic N) is 5. The molecule has 0 spiro atoms. The highest BCUT2D eigenvalue weighted by Gasteiger charge is 2.24. The van der Waals surface area contributed by atoms with Gasteiger partial charge < -0.3 is 10.1 Å². The van der Waals surface area contributed by atoms with Gasteiger partial charge in [-0.05, 0) is 43.5 Å². The van der Waals surface area contributed by atoms with Gasteiger partial charge in [0.2, 0.25) is 0 Å². The molecule has 2 atom stereocenters. The minimum absolute atomic E-state index is 0.228. The Morgan fingerprint density at radius 2 is 1.86 bits per heavy atom. The summed E-state index contributed by atoms with van der Waals surface area (Å²) < 4.78 is 8.83. The summed E-state index contributed by atoms with van der Waals surface area (Å²) in [6.07, 6.45) is 10.3. The fourth-order valence-electron chi connectivity index (χ4n) is 4.95. The Kier molecular flexibility index (Phi) is 10.3. The molecule has 0 saturated carbocycles. The molecule has 0 unspecified atom stereocenters. The quantitative estimate of drug-likeness (QED) is 0.179. The van der Waals surface area contributed by atoms with E-state index in [1.165, 1.54) is 0 Å². The number of anilines is 1. The number of amides is 2. The Balaban J connectivity index is 1.49. The van der Waals surface area contributed by atoms with Crippen molar-refractivity contribution < 1.29 is 9.53 Å². The molecule has 0 bridgehead atoms. The lowest BCUT2D eigenvalue weighted by Gasteiger charge is -2.32. The molecule has 0 aliphatic rings. The van der Waals surface area contributed by atoms with Crippen molar-refractivity contribution in [2.24, 2.45) is 7.05 Å². The van der Waals surface area contributed by atoms with Crippen LogP contribution >= 0.6 is 0 Å². The molecule has 4 aromatic rings. The van der Waals surface area contributed by atoms with Crippen LogP contribution < -0.4 is 10.6 Å². The maximum Gasteiger partial charge on any atom is 0.320 e. The van der Waals surface area contributed by atoms with Gasteiger partial charge >= 0.3 is 6.03 Å². The minimum Gasteiger partial charge on any atom is -0.383 e. The molecule has 2 heterocycles. The first kappa shape index (κ1) is 30.3. The molecule has 0 radical (unpaired) electrons. The Labute approximate surface area is 248 Å². The molecule has 2 amide bonds. The number of nitrogens with one attached hydrogen (secondary N) is 2. The number of rotatable bonds is 13. The van der Waals surface area contributed by atoms with Gasteiger partial charge in [-0.15, -0.1) is 6.42 Å². The Hall–Kier alpha value is -4.65. The summed E-state index contributed by atoms with van der Waals surface area (Å²) in [6.45, 7) is 9.82. The predicted octanol–water partition coefficient (Wildman–Crippen LogP) is 4.84. The second kappa shape index (κ2) is 14.3. The molecule has 4 rings (SSSR count). The number of urea groups is 1. The Morgan fingerprint density at radius 3 is 2.48 bits per heavy atom. The summed E-state index contributed by atoms with van der Waals surface area (Å²) in [7, 11) is 3.52. The van der Waals surface area contributed by atoms with E-state index in [4.69, 9.17) is 16.3 Å². The van der Waals surface area contributed by atoms with Crippen LogP contribution in [0.25, 0.3) is 16.9 Å². The van der Waals surface area contributed by atoms with Gasteiger partial charge in [-0.2, -0.15) is 10.2 Å². The van der Waals surface area contributed by atoms with Gasteiger partial charge in [-0.1, -0.05) is 61.0 Å². The van der Waals surface area contributed by atoms with Crippen LogP contribution in [0.5, 0.6) is 0 Å². The zero-order valence-electron chi connectivity index (χ0n) is 24.7. The molecule has 2 N–H and O–H groups in total. The molecule has 0 aliphatic carbocycles. The third-order valence-corrected chi connectivity index (χ3v) is 6.99. The molecule has 0 saturated heterocycles. The Morgan fingerprint density at radius 1 is 1.17 bits per heavy atom. The second-order valence-corrected chi connectivity index (χ2v) is 10.3. The number of aryl methyl sites for hydroxylation is 1. The van der Waals surface area contributed by atoms with Crippen LogP contribution in [0.3, 0.4) is 0 Å². The van der Waals surface area contributed by atoms with E-state index in [1.807, 2.05) is 75.6 Å². The molecular formula is C33H39N7O2. The summed E-state index contributed by atoms with van der Waals surface area (Å²) >= 11 is 0. The first-order chi connectivity index (χ1) is 20.3. The van der Waals surface area contributed by atoms with E-state index in [-0.39, 0.29) is 18.1 Å². The van der Waals surface area contributed by atoms with Crippen molar-refractivity contribution >= 4 is 11.8 Å². The van der Waals surface area contributed by atoms with Crippen molar-refractivity contribution in [2.45, 2.75) is 32.4 Å². The molecule has 42 heavy (non-hydrogen) atoms. The average molecular weight is 566 g/mol. The number of benzene rings is 2. The number of hydrogen-bond acceptors (Lipinski definition) is 5. The highest BCUT2D eigenvalue weighted by atomic mass is 16.5. The monoisotopic (exact) mass is 565 g/mol. The van der Waals surface area contributed by atoms with Crippen molar-refractivity contribution in [1.82, 2.24) is 29.8 Å². The van der Waals surface area contributed by atoms with Crippen LogP contribution in [0.15, 0.2) is 85.2 Å². The normalized spacial score (nSPS) is 12.5. The number of ether oxygens (including phenoxy) is 1. The van der Waals surface area contributed by atoms with Gasteiger partial charge in [0, 0.05) is 50.6 Å². The van der Waals surface area contributed by atoms with Crippen LogP contribution in [-0.4, -0.2) is 69.4 Å². The maximum atomic E-state index is 13.3. The highest BCUT2D eigenvalue weighted by molar-refractivity contribution is 5.91. The lowest BCUT2D eigenvalue weighted by molar-refractivity contribution is 0.136. The number of methoxy groups -OCH3 is 1. The van der Waals surface area contributed by atoms with Crippen LogP contribution in [0.1, 0.15) is 18.1 Å². The van der Waals surface area contributed by atoms with E-state index >= 15 is 0 Å². The zero-order valence-corrected chi connectivity index (χ0v) is 24.7. The standard InChI is InChI=1S/C33H39N7O2/c1-7-30(24(2)20-27-14-10-8-11-15-27)39(18-19-42-6)22-25(3)35-33(41)36-32-26(4)31(28-21-34-38(5)23-28)37-40(32)29-16-12-9-13-17-29/h1,8-17,21,23,25,30H,2,18-20,22H2,3-6H3,(H2,35,36,41)/t25-,30-/m0/s1. The second-order valence-electron chi connectivity index (χ2n) is 10.3. The third kappa shape index (κ3) is 7.55. The first-order valence-corrected chi connectivity index (χ1v) is 13.9. The van der Waals surface area contributed by atoms with Crippen molar-refractivity contribution in [1.29, 1.82) is 0 Å². The van der Waals surface area contributed by atoms with Gasteiger partial charge in [0.1, 0.15) is 11.5 Å². The average Bonchev–Trinajstić information content (AvgIpc) is 3.55. The van der Waals surface area contributed by atoms with Gasteiger partial charge in [-0.25, -0.2) is 9.48 Å². The topological polar surface area (TPSA) is 89.2 Å². The molecule has 0 fully saturated rings.